The molecule has 0 radical (unpaired) electrons. The summed E-state index contributed by atoms with van der Waals surface area (Å²) in [5.74, 6) is 0. The standard InChI is InChI=1S/C8H18O3P.C5H11OP/c1-3-5-7-10-12(9)11-8-6-4-2;1-7(6)4-2-3-5-7/h3-8H2,1-2H3;2-5H2,1H3/q+1;. The Kier molecular flexibility index (Phi) is 12.2. The second-order valence-corrected chi connectivity index (χ2v) is 9.50. The largest absolute Gasteiger partial charge is 0.697 e. The topological polar surface area (TPSA) is 52.6 Å². The first-order chi connectivity index (χ1) is 9.02. The van der Waals surface area contributed by atoms with E-state index in [9.17, 15) is 9.13 Å². The minimum Gasteiger partial charge on any atom is -0.324 e. The van der Waals surface area contributed by atoms with Crippen molar-refractivity contribution in [1.82, 2.24) is 0 Å². The summed E-state index contributed by atoms with van der Waals surface area (Å²) in [7, 11) is -3.40. The van der Waals surface area contributed by atoms with Crippen molar-refractivity contribution in [3.8, 4) is 0 Å². The average Bonchev–Trinajstić information content (AvgIpc) is 2.75. The van der Waals surface area contributed by atoms with E-state index < -0.39 is 15.4 Å². The third-order valence-electron chi connectivity index (χ3n) is 2.90. The van der Waals surface area contributed by atoms with Crippen molar-refractivity contribution in [1.29, 1.82) is 0 Å². The summed E-state index contributed by atoms with van der Waals surface area (Å²) in [6.45, 7) is 7.12. The van der Waals surface area contributed by atoms with Gasteiger partial charge in [-0.15, -0.1) is 9.05 Å². The first-order valence-electron chi connectivity index (χ1n) is 7.30. The molecule has 0 aliphatic carbocycles. The molecule has 6 heteroatoms. The van der Waals surface area contributed by atoms with E-state index in [2.05, 4.69) is 13.8 Å². The molecule has 1 aliphatic heterocycles. The van der Waals surface area contributed by atoms with E-state index in [0.717, 1.165) is 38.0 Å². The van der Waals surface area contributed by atoms with Gasteiger partial charge in [0.2, 0.25) is 0 Å². The molecule has 1 aliphatic rings. The molecule has 114 valence electrons. The molecule has 19 heavy (non-hydrogen) atoms. The van der Waals surface area contributed by atoms with Crippen LogP contribution in [0.25, 0.3) is 0 Å². The van der Waals surface area contributed by atoms with Gasteiger partial charge in [-0.2, -0.15) is 0 Å². The lowest BCUT2D eigenvalue weighted by Crippen LogP contribution is -1.90. The minimum absolute atomic E-state index is 0.540. The zero-order valence-corrected chi connectivity index (χ0v) is 14.4. The molecule has 0 saturated carbocycles. The summed E-state index contributed by atoms with van der Waals surface area (Å²) in [5, 5.41) is 0. The van der Waals surface area contributed by atoms with Crippen LogP contribution in [0.2, 0.25) is 0 Å². The Morgan fingerprint density at radius 2 is 1.42 bits per heavy atom. The van der Waals surface area contributed by atoms with Crippen LogP contribution in [0.3, 0.4) is 0 Å². The highest BCUT2D eigenvalue weighted by molar-refractivity contribution is 7.63. The number of rotatable bonds is 8. The molecule has 4 nitrogen and oxygen atoms in total. The van der Waals surface area contributed by atoms with Gasteiger partial charge >= 0.3 is 8.25 Å². The van der Waals surface area contributed by atoms with Gasteiger partial charge in [0.25, 0.3) is 0 Å². The van der Waals surface area contributed by atoms with Gasteiger partial charge in [0, 0.05) is 16.9 Å². The maximum atomic E-state index is 11.0. The van der Waals surface area contributed by atoms with Crippen LogP contribution in [0.15, 0.2) is 0 Å². The summed E-state index contributed by atoms with van der Waals surface area (Å²) in [5.41, 5.74) is 0. The summed E-state index contributed by atoms with van der Waals surface area (Å²) >= 11 is 0. The van der Waals surface area contributed by atoms with Crippen molar-refractivity contribution in [3.05, 3.63) is 0 Å². The number of unbranched alkanes of at least 4 members (excludes halogenated alkanes) is 2. The van der Waals surface area contributed by atoms with E-state index in [0.29, 0.717) is 13.2 Å². The molecular weight excluding hydrogens is 282 g/mol. The van der Waals surface area contributed by atoms with E-state index in [1.54, 1.807) is 0 Å². The molecule has 0 spiro atoms. The van der Waals surface area contributed by atoms with Gasteiger partial charge in [-0.1, -0.05) is 26.7 Å². The van der Waals surface area contributed by atoms with Crippen molar-refractivity contribution in [2.45, 2.75) is 52.4 Å². The second-order valence-electron chi connectivity index (χ2n) is 5.05. The second kappa shape index (κ2) is 12.0. The highest BCUT2D eigenvalue weighted by atomic mass is 31.2. The van der Waals surface area contributed by atoms with Crippen molar-refractivity contribution < 1.29 is 18.2 Å². The van der Waals surface area contributed by atoms with E-state index >= 15 is 0 Å². The molecule has 0 N–H and O–H groups in total. The fourth-order valence-corrected chi connectivity index (χ4v) is 4.25. The van der Waals surface area contributed by atoms with Crippen LogP contribution in [-0.2, 0) is 18.2 Å². The van der Waals surface area contributed by atoms with Gasteiger partial charge < -0.3 is 4.57 Å². The van der Waals surface area contributed by atoms with Gasteiger partial charge in [0.05, 0.1) is 7.14 Å². The first-order valence-corrected chi connectivity index (χ1v) is 10.9. The molecule has 0 bridgehead atoms. The molecular formula is C13H29O4P2+. The fourth-order valence-electron chi connectivity index (χ4n) is 1.61. The van der Waals surface area contributed by atoms with Crippen molar-refractivity contribution in [2.75, 3.05) is 32.2 Å². The average molecular weight is 311 g/mol. The Morgan fingerprint density at radius 1 is 1.00 bits per heavy atom. The quantitative estimate of drug-likeness (QED) is 0.465. The normalized spacial score (nSPS) is 16.8. The Balaban J connectivity index is 0.000000388. The molecule has 1 rings (SSSR count). The maximum absolute atomic E-state index is 11.0. The van der Waals surface area contributed by atoms with E-state index in [1.165, 1.54) is 12.8 Å². The SMILES string of the molecule is CCCCO[P+](=O)OCCCC.CP1(=O)CCCC1. The predicted molar refractivity (Wildman–Crippen MR) is 81.8 cm³/mol. The summed E-state index contributed by atoms with van der Waals surface area (Å²) < 4.78 is 31.7. The Bertz CT molecular complexity index is 260. The minimum atomic E-state index is -1.85. The van der Waals surface area contributed by atoms with Crippen LogP contribution in [0.5, 0.6) is 0 Å². The molecule has 1 fully saturated rings. The van der Waals surface area contributed by atoms with Gasteiger partial charge in [0.15, 0.2) is 0 Å². The Hall–Kier alpha value is 0.250. The fraction of sp³-hybridized carbons (Fsp3) is 1.00. The summed E-state index contributed by atoms with van der Waals surface area (Å²) in [4.78, 5) is 0. The van der Waals surface area contributed by atoms with Crippen LogP contribution >= 0.6 is 15.4 Å². The van der Waals surface area contributed by atoms with E-state index in [1.807, 2.05) is 6.66 Å². The number of hydrogen-bond donors (Lipinski definition) is 0. The predicted octanol–water partition coefficient (Wildman–Crippen LogP) is 5.05. The highest BCUT2D eigenvalue weighted by Crippen LogP contribution is 2.47. The van der Waals surface area contributed by atoms with E-state index in [-0.39, 0.29) is 0 Å². The maximum Gasteiger partial charge on any atom is 0.697 e. The smallest absolute Gasteiger partial charge is 0.324 e. The Morgan fingerprint density at radius 3 is 1.68 bits per heavy atom. The summed E-state index contributed by atoms with van der Waals surface area (Å²) in [6, 6.07) is 0. The molecule has 0 aromatic heterocycles. The van der Waals surface area contributed by atoms with Crippen LogP contribution in [0, 0.1) is 0 Å². The van der Waals surface area contributed by atoms with Gasteiger partial charge in [-0.25, -0.2) is 0 Å². The van der Waals surface area contributed by atoms with Crippen molar-refractivity contribution in [3.63, 3.8) is 0 Å². The van der Waals surface area contributed by atoms with Crippen LogP contribution in [0.4, 0.5) is 0 Å². The van der Waals surface area contributed by atoms with Gasteiger partial charge in [-0.3, -0.25) is 0 Å². The lowest BCUT2D eigenvalue weighted by Gasteiger charge is -1.96. The zero-order valence-electron chi connectivity index (χ0n) is 12.6. The first kappa shape index (κ1) is 19.2. The molecule has 0 atom stereocenters. The number of hydrogen-bond acceptors (Lipinski definition) is 4. The Labute approximate surface area is 119 Å². The molecule has 0 aromatic carbocycles. The molecule has 0 aromatic rings. The zero-order chi connectivity index (χ0) is 14.6. The molecule has 0 unspecified atom stereocenters. The van der Waals surface area contributed by atoms with Crippen LogP contribution in [0.1, 0.15) is 52.4 Å². The molecule has 1 heterocycles. The molecule has 0 amide bonds. The summed E-state index contributed by atoms with van der Waals surface area (Å²) in [6.07, 6.45) is 8.41. The highest BCUT2D eigenvalue weighted by Gasteiger charge is 2.20. The van der Waals surface area contributed by atoms with Gasteiger partial charge in [0.1, 0.15) is 13.2 Å². The van der Waals surface area contributed by atoms with Crippen molar-refractivity contribution in [2.24, 2.45) is 0 Å². The third kappa shape index (κ3) is 13.0. The lowest BCUT2D eigenvalue weighted by atomic mass is 10.4. The monoisotopic (exact) mass is 311 g/mol. The third-order valence-corrected chi connectivity index (χ3v) is 6.21. The van der Waals surface area contributed by atoms with Crippen LogP contribution in [-0.4, -0.2) is 32.2 Å². The van der Waals surface area contributed by atoms with Crippen molar-refractivity contribution >= 4 is 15.4 Å². The van der Waals surface area contributed by atoms with E-state index in [4.69, 9.17) is 9.05 Å². The van der Waals surface area contributed by atoms with Crippen LogP contribution < -0.4 is 0 Å². The van der Waals surface area contributed by atoms with Gasteiger partial charge in [-0.05, 0) is 32.3 Å². The molecule has 1 saturated heterocycles. The lowest BCUT2D eigenvalue weighted by molar-refractivity contribution is 0.221.